The summed E-state index contributed by atoms with van der Waals surface area (Å²) in [7, 11) is -3.02. The third-order valence-electron chi connectivity index (χ3n) is 3.69. The fourth-order valence-corrected chi connectivity index (χ4v) is 2.66. The number of nitrogens with one attached hydrogen (secondary N) is 2. The summed E-state index contributed by atoms with van der Waals surface area (Å²) in [4.78, 5) is 4.33. The number of aliphatic hydroxyl groups is 1. The third kappa shape index (κ3) is 9.72. The molecule has 1 rings (SSSR count). The number of guanidine groups is 1. The summed E-state index contributed by atoms with van der Waals surface area (Å²) in [5, 5.41) is 16.3. The Morgan fingerprint density at radius 3 is 2.23 bits per heavy atom. The van der Waals surface area contributed by atoms with Gasteiger partial charge in [-0.1, -0.05) is 45.0 Å². The number of halogens is 1. The van der Waals surface area contributed by atoms with E-state index in [2.05, 4.69) is 36.4 Å². The molecule has 0 bridgehead atoms. The molecule has 1 aromatic rings. The molecule has 1 unspecified atom stereocenters. The molecular weight excluding hydrogens is 465 g/mol. The van der Waals surface area contributed by atoms with Crippen LogP contribution in [0.1, 0.15) is 44.9 Å². The molecule has 0 saturated carbocycles. The number of aliphatic imine (C=N–C) groups is 1. The normalized spacial score (nSPS) is 13.7. The van der Waals surface area contributed by atoms with Gasteiger partial charge in [-0.15, -0.1) is 24.0 Å². The van der Waals surface area contributed by atoms with E-state index in [1.54, 1.807) is 0 Å². The lowest BCUT2D eigenvalue weighted by atomic mass is 9.86. The summed E-state index contributed by atoms with van der Waals surface area (Å²) in [6, 6.07) is 7.89. The van der Waals surface area contributed by atoms with E-state index in [-0.39, 0.29) is 48.2 Å². The average molecular weight is 497 g/mol. The van der Waals surface area contributed by atoms with Crippen molar-refractivity contribution in [2.24, 2.45) is 4.99 Å². The summed E-state index contributed by atoms with van der Waals surface area (Å²) >= 11 is 0. The number of nitrogens with zero attached hydrogens (tertiary/aromatic N) is 1. The van der Waals surface area contributed by atoms with Gasteiger partial charge in [0.25, 0.3) is 0 Å². The summed E-state index contributed by atoms with van der Waals surface area (Å²) in [6.07, 6.45) is 0.489. The second kappa shape index (κ2) is 11.1. The third-order valence-corrected chi connectivity index (χ3v) is 4.64. The van der Waals surface area contributed by atoms with Crippen LogP contribution in [-0.4, -0.2) is 51.1 Å². The first-order chi connectivity index (χ1) is 11.5. The predicted molar refractivity (Wildman–Crippen MR) is 119 cm³/mol. The maximum atomic E-state index is 11.2. The first-order valence-electron chi connectivity index (χ1n) is 8.51. The van der Waals surface area contributed by atoms with Gasteiger partial charge in [-0.25, -0.2) is 8.42 Å². The Balaban J connectivity index is 0.00000625. The van der Waals surface area contributed by atoms with Gasteiger partial charge in [0.2, 0.25) is 0 Å². The molecule has 0 heterocycles. The highest BCUT2D eigenvalue weighted by molar-refractivity contribution is 14.0. The minimum atomic E-state index is -3.02. The van der Waals surface area contributed by atoms with Gasteiger partial charge >= 0.3 is 0 Å². The van der Waals surface area contributed by atoms with E-state index in [1.807, 2.05) is 31.2 Å². The van der Waals surface area contributed by atoms with E-state index in [0.717, 1.165) is 5.56 Å². The summed E-state index contributed by atoms with van der Waals surface area (Å²) in [5.41, 5.74) is 2.09. The Labute approximate surface area is 174 Å². The molecule has 0 radical (unpaired) electrons. The van der Waals surface area contributed by atoms with Crippen LogP contribution in [-0.2, 0) is 15.3 Å². The fraction of sp³-hybridized carbons (Fsp3) is 0.611. The Kier molecular flexibility index (Phi) is 10.7. The van der Waals surface area contributed by atoms with Gasteiger partial charge in [-0.2, -0.15) is 0 Å². The lowest BCUT2D eigenvalue weighted by Gasteiger charge is -2.20. The molecule has 1 aromatic carbocycles. The second-order valence-electron chi connectivity index (χ2n) is 7.16. The minimum absolute atomic E-state index is 0. The highest BCUT2D eigenvalue weighted by atomic mass is 127. The number of rotatable bonds is 7. The molecule has 3 N–H and O–H groups in total. The maximum Gasteiger partial charge on any atom is 0.191 e. The average Bonchev–Trinajstić information content (AvgIpc) is 2.50. The summed E-state index contributed by atoms with van der Waals surface area (Å²) < 4.78 is 22.4. The van der Waals surface area contributed by atoms with Crippen molar-refractivity contribution in [3.63, 3.8) is 0 Å². The Morgan fingerprint density at radius 2 is 1.77 bits per heavy atom. The van der Waals surface area contributed by atoms with Crippen molar-refractivity contribution in [2.45, 2.75) is 39.2 Å². The van der Waals surface area contributed by atoms with E-state index in [0.29, 0.717) is 12.5 Å². The number of aliphatic hydroxyl groups excluding tert-OH is 1. The van der Waals surface area contributed by atoms with E-state index in [1.165, 1.54) is 11.8 Å². The molecule has 26 heavy (non-hydrogen) atoms. The zero-order chi connectivity index (χ0) is 19.1. The Bertz CT molecular complexity index is 668. The Morgan fingerprint density at radius 1 is 1.19 bits per heavy atom. The highest BCUT2D eigenvalue weighted by Gasteiger charge is 2.14. The molecule has 8 heteroatoms. The summed E-state index contributed by atoms with van der Waals surface area (Å²) in [5.74, 6) is 0.533. The van der Waals surface area contributed by atoms with Gasteiger partial charge in [0.1, 0.15) is 9.84 Å². The number of hydrogen-bond donors (Lipinski definition) is 3. The second-order valence-corrected chi connectivity index (χ2v) is 9.42. The van der Waals surface area contributed by atoms with Gasteiger partial charge in [0.05, 0.1) is 18.4 Å². The topological polar surface area (TPSA) is 90.8 Å². The van der Waals surface area contributed by atoms with Gasteiger partial charge in [-0.3, -0.25) is 4.99 Å². The fourth-order valence-electron chi connectivity index (χ4n) is 2.19. The van der Waals surface area contributed by atoms with Crippen molar-refractivity contribution in [3.05, 3.63) is 35.4 Å². The van der Waals surface area contributed by atoms with Crippen LogP contribution < -0.4 is 10.6 Å². The zero-order valence-electron chi connectivity index (χ0n) is 16.2. The van der Waals surface area contributed by atoms with Gasteiger partial charge in [-0.05, 0) is 23.5 Å². The molecule has 0 aliphatic heterocycles. The number of sulfone groups is 1. The molecule has 0 aliphatic carbocycles. The van der Waals surface area contributed by atoms with E-state index >= 15 is 0 Å². The molecule has 0 saturated heterocycles. The standard InChI is InChI=1S/C18H31N3O3S.HI/c1-6-19-17(20-11-12-25(5,23)24)21-13-16(22)14-7-9-15(10-8-14)18(2,3)4;/h7-10,16,22H,6,11-13H2,1-5H3,(H2,19,20,21);1H. The smallest absolute Gasteiger partial charge is 0.191 e. The molecule has 6 nitrogen and oxygen atoms in total. The van der Waals surface area contributed by atoms with Crippen molar-refractivity contribution in [1.29, 1.82) is 0 Å². The quantitative estimate of drug-likeness (QED) is 0.306. The van der Waals surface area contributed by atoms with Crippen LogP contribution in [0.5, 0.6) is 0 Å². The van der Waals surface area contributed by atoms with Crippen LogP contribution in [0, 0.1) is 0 Å². The lowest BCUT2D eigenvalue weighted by molar-refractivity contribution is 0.187. The van der Waals surface area contributed by atoms with Crippen LogP contribution in [0.15, 0.2) is 29.3 Å². The molecule has 0 aliphatic rings. The largest absolute Gasteiger partial charge is 0.386 e. The zero-order valence-corrected chi connectivity index (χ0v) is 19.4. The van der Waals surface area contributed by atoms with Gasteiger partial charge < -0.3 is 15.7 Å². The van der Waals surface area contributed by atoms with E-state index in [9.17, 15) is 13.5 Å². The van der Waals surface area contributed by atoms with Crippen LogP contribution >= 0.6 is 24.0 Å². The Hall–Kier alpha value is -0.870. The number of benzene rings is 1. The van der Waals surface area contributed by atoms with E-state index < -0.39 is 15.9 Å². The molecule has 0 aromatic heterocycles. The van der Waals surface area contributed by atoms with Crippen LogP contribution in [0.4, 0.5) is 0 Å². The molecule has 0 spiro atoms. The molecule has 150 valence electrons. The van der Waals surface area contributed by atoms with Crippen molar-refractivity contribution in [3.8, 4) is 0 Å². The van der Waals surface area contributed by atoms with Gasteiger partial charge in [0, 0.05) is 19.3 Å². The first-order valence-corrected chi connectivity index (χ1v) is 10.6. The SMILES string of the molecule is CCNC(=NCC(O)c1ccc(C(C)(C)C)cc1)NCCS(C)(=O)=O.I. The first kappa shape index (κ1) is 25.1. The monoisotopic (exact) mass is 497 g/mol. The molecule has 1 atom stereocenters. The van der Waals surface area contributed by atoms with Crippen LogP contribution in [0.2, 0.25) is 0 Å². The lowest BCUT2D eigenvalue weighted by Crippen LogP contribution is -2.39. The van der Waals surface area contributed by atoms with Crippen LogP contribution in [0.25, 0.3) is 0 Å². The van der Waals surface area contributed by atoms with Crippen molar-refractivity contribution < 1.29 is 13.5 Å². The van der Waals surface area contributed by atoms with Gasteiger partial charge in [0.15, 0.2) is 5.96 Å². The highest BCUT2D eigenvalue weighted by Crippen LogP contribution is 2.24. The molecule has 0 amide bonds. The molecular formula is C18H32IN3O3S. The van der Waals surface area contributed by atoms with Crippen molar-refractivity contribution in [2.75, 3.05) is 31.6 Å². The number of hydrogen-bond acceptors (Lipinski definition) is 4. The van der Waals surface area contributed by atoms with Crippen LogP contribution in [0.3, 0.4) is 0 Å². The minimum Gasteiger partial charge on any atom is -0.386 e. The summed E-state index contributed by atoms with van der Waals surface area (Å²) in [6.45, 7) is 9.50. The van der Waals surface area contributed by atoms with Crippen molar-refractivity contribution >= 4 is 39.8 Å². The van der Waals surface area contributed by atoms with Crippen molar-refractivity contribution in [1.82, 2.24) is 10.6 Å². The predicted octanol–water partition coefficient (Wildman–Crippen LogP) is 2.24. The molecule has 0 fully saturated rings. The van der Waals surface area contributed by atoms with E-state index in [4.69, 9.17) is 0 Å². The maximum absolute atomic E-state index is 11.2.